The predicted molar refractivity (Wildman–Crippen MR) is 153 cm³/mol. The molecule has 3 aromatic carbocycles. The zero-order chi connectivity index (χ0) is 29.0. The average molecular weight is 576 g/mol. The molecule has 9 nitrogen and oxygen atoms in total. The first-order chi connectivity index (χ1) is 19.8. The summed E-state index contributed by atoms with van der Waals surface area (Å²) in [6.07, 6.45) is 4.00. The van der Waals surface area contributed by atoms with Crippen molar-refractivity contribution in [2.45, 2.75) is 55.6 Å². The molecule has 1 fully saturated rings. The third kappa shape index (κ3) is 6.12. The Kier molecular flexibility index (Phi) is 8.39. The van der Waals surface area contributed by atoms with Crippen molar-refractivity contribution in [3.05, 3.63) is 95.6 Å². The second-order valence-corrected chi connectivity index (χ2v) is 12.2. The lowest BCUT2D eigenvalue weighted by atomic mass is 10.0. The first kappa shape index (κ1) is 28.4. The van der Waals surface area contributed by atoms with Crippen LogP contribution in [0, 0.1) is 0 Å². The second kappa shape index (κ2) is 12.1. The number of hydrogen-bond acceptors (Lipinski definition) is 6. The number of hydrogen-bond donors (Lipinski definition) is 1. The van der Waals surface area contributed by atoms with Crippen LogP contribution in [0.5, 0.6) is 5.75 Å². The number of carbonyl (C=O) groups excluding carboxylic acids is 3. The summed E-state index contributed by atoms with van der Waals surface area (Å²) < 4.78 is 32.5. The highest BCUT2D eigenvalue weighted by molar-refractivity contribution is 7.90. The Bertz CT molecular complexity index is 1540. The van der Waals surface area contributed by atoms with Crippen LogP contribution in [0.2, 0.25) is 0 Å². The van der Waals surface area contributed by atoms with E-state index in [0.29, 0.717) is 15.6 Å². The Morgan fingerprint density at radius 2 is 1.66 bits per heavy atom. The molecule has 2 aliphatic rings. The normalized spacial score (nSPS) is 16.7. The summed E-state index contributed by atoms with van der Waals surface area (Å²) in [5.74, 6) is -1.14. The van der Waals surface area contributed by atoms with Gasteiger partial charge in [0.05, 0.1) is 12.7 Å². The molecule has 1 saturated carbocycles. The number of methoxy groups -OCH3 is 1. The van der Waals surface area contributed by atoms with Gasteiger partial charge in [-0.2, -0.15) is 0 Å². The second-order valence-electron chi connectivity index (χ2n) is 10.4. The highest BCUT2D eigenvalue weighted by Crippen LogP contribution is 2.30. The first-order valence-corrected chi connectivity index (χ1v) is 15.1. The molecule has 214 valence electrons. The van der Waals surface area contributed by atoms with E-state index in [1.54, 1.807) is 24.3 Å². The van der Waals surface area contributed by atoms with Gasteiger partial charge in [0.2, 0.25) is 11.8 Å². The van der Waals surface area contributed by atoms with Gasteiger partial charge in [0.15, 0.2) is 0 Å². The number of carbonyl (C=O) groups is 3. The van der Waals surface area contributed by atoms with E-state index in [-0.39, 0.29) is 35.4 Å². The molecule has 1 aliphatic heterocycles. The molecule has 1 atom stereocenters. The highest BCUT2D eigenvalue weighted by Gasteiger charge is 2.43. The molecule has 41 heavy (non-hydrogen) atoms. The van der Waals surface area contributed by atoms with Gasteiger partial charge in [0, 0.05) is 19.0 Å². The van der Waals surface area contributed by atoms with Crippen molar-refractivity contribution in [1.82, 2.24) is 14.5 Å². The maximum Gasteiger partial charge on any atom is 0.269 e. The molecule has 1 unspecified atom stereocenters. The summed E-state index contributed by atoms with van der Waals surface area (Å²) in [6.45, 7) is -0.706. The molecule has 3 aromatic rings. The largest absolute Gasteiger partial charge is 0.497 e. The van der Waals surface area contributed by atoms with Gasteiger partial charge in [-0.3, -0.25) is 14.4 Å². The zero-order valence-corrected chi connectivity index (χ0v) is 23.7. The monoisotopic (exact) mass is 575 g/mol. The molecule has 3 amide bonds. The van der Waals surface area contributed by atoms with Gasteiger partial charge in [-0.25, -0.2) is 12.7 Å². The van der Waals surface area contributed by atoms with Crippen molar-refractivity contribution < 1.29 is 27.5 Å². The van der Waals surface area contributed by atoms with E-state index in [1.165, 1.54) is 30.2 Å². The van der Waals surface area contributed by atoms with Crippen LogP contribution in [-0.4, -0.2) is 61.1 Å². The first-order valence-electron chi connectivity index (χ1n) is 13.7. The number of nitrogens with zero attached hydrogens (tertiary/aromatic N) is 2. The molecule has 5 rings (SSSR count). The quantitative estimate of drug-likeness (QED) is 0.396. The average Bonchev–Trinajstić information content (AvgIpc) is 3.56. The molecule has 0 aromatic heterocycles. The summed E-state index contributed by atoms with van der Waals surface area (Å²) in [5, 5.41) is 3.12. The molecule has 10 heteroatoms. The zero-order valence-electron chi connectivity index (χ0n) is 22.9. The van der Waals surface area contributed by atoms with E-state index in [4.69, 9.17) is 4.74 Å². The van der Waals surface area contributed by atoms with Gasteiger partial charge in [-0.15, -0.1) is 0 Å². The fourth-order valence-electron chi connectivity index (χ4n) is 5.49. The third-order valence-electron chi connectivity index (χ3n) is 7.65. The maximum absolute atomic E-state index is 14.1. The highest BCUT2D eigenvalue weighted by atomic mass is 32.2. The summed E-state index contributed by atoms with van der Waals surface area (Å²) in [4.78, 5) is 42.3. The number of benzene rings is 3. The van der Waals surface area contributed by atoms with Crippen molar-refractivity contribution in [2.24, 2.45) is 0 Å². The SMILES string of the molecule is COc1cccc(CN(C(=O)CN2C(=O)c3ccccc3S2(=O)=O)C(Cc2ccccc2)C(=O)NC2CCCC2)c1. The minimum atomic E-state index is -4.22. The van der Waals surface area contributed by atoms with E-state index >= 15 is 0 Å². The minimum absolute atomic E-state index is 0.0145. The number of rotatable bonds is 10. The fourth-order valence-corrected chi connectivity index (χ4v) is 7.01. The van der Waals surface area contributed by atoms with Crippen LogP contribution < -0.4 is 10.1 Å². The van der Waals surface area contributed by atoms with Crippen LogP contribution in [0.3, 0.4) is 0 Å². The van der Waals surface area contributed by atoms with Gasteiger partial charge in [-0.1, -0.05) is 67.4 Å². The lowest BCUT2D eigenvalue weighted by Gasteiger charge is -2.33. The Hall–Kier alpha value is -4.18. The van der Waals surface area contributed by atoms with Crippen LogP contribution in [0.4, 0.5) is 0 Å². The van der Waals surface area contributed by atoms with Crippen LogP contribution in [-0.2, 0) is 32.6 Å². The van der Waals surface area contributed by atoms with E-state index in [1.807, 2.05) is 36.4 Å². The fraction of sp³-hybridized carbons (Fsp3) is 0.323. The maximum atomic E-state index is 14.1. The molecule has 0 radical (unpaired) electrons. The Morgan fingerprint density at radius 3 is 2.37 bits per heavy atom. The summed E-state index contributed by atoms with van der Waals surface area (Å²) in [5.41, 5.74) is 1.57. The van der Waals surface area contributed by atoms with Crippen molar-refractivity contribution in [1.29, 1.82) is 0 Å². The lowest BCUT2D eigenvalue weighted by molar-refractivity contribution is -0.141. The summed E-state index contributed by atoms with van der Waals surface area (Å²) in [6, 6.07) is 21.5. The van der Waals surface area contributed by atoms with Gasteiger partial charge in [-0.05, 0) is 48.2 Å². The molecule has 1 heterocycles. The van der Waals surface area contributed by atoms with Crippen molar-refractivity contribution in [2.75, 3.05) is 13.7 Å². The van der Waals surface area contributed by atoms with Gasteiger partial charge in [0.25, 0.3) is 15.9 Å². The molecule has 0 bridgehead atoms. The molecule has 1 N–H and O–H groups in total. The van der Waals surface area contributed by atoms with E-state index in [9.17, 15) is 22.8 Å². The number of nitrogens with one attached hydrogen (secondary N) is 1. The molecular formula is C31H33N3O6S. The van der Waals surface area contributed by atoms with Gasteiger partial charge in [0.1, 0.15) is 23.2 Å². The molecule has 0 spiro atoms. The van der Waals surface area contributed by atoms with Crippen LogP contribution in [0.15, 0.2) is 83.8 Å². The van der Waals surface area contributed by atoms with E-state index in [2.05, 4.69) is 5.32 Å². The minimum Gasteiger partial charge on any atom is -0.497 e. The Balaban J connectivity index is 1.50. The lowest BCUT2D eigenvalue weighted by Crippen LogP contribution is -2.54. The van der Waals surface area contributed by atoms with Crippen LogP contribution in [0.25, 0.3) is 0 Å². The topological polar surface area (TPSA) is 113 Å². The third-order valence-corrected chi connectivity index (χ3v) is 9.44. The van der Waals surface area contributed by atoms with E-state index < -0.39 is 34.4 Å². The predicted octanol–water partition coefficient (Wildman–Crippen LogP) is 3.54. The summed E-state index contributed by atoms with van der Waals surface area (Å²) in [7, 11) is -2.68. The van der Waals surface area contributed by atoms with Crippen molar-refractivity contribution in [3.63, 3.8) is 0 Å². The number of sulfonamides is 1. The number of ether oxygens (including phenoxy) is 1. The smallest absolute Gasteiger partial charge is 0.269 e. The molecule has 1 aliphatic carbocycles. The molecular weight excluding hydrogens is 542 g/mol. The van der Waals surface area contributed by atoms with Crippen LogP contribution >= 0.6 is 0 Å². The van der Waals surface area contributed by atoms with Crippen molar-refractivity contribution >= 4 is 27.7 Å². The number of fused-ring (bicyclic) bond motifs is 1. The standard InChI is InChI=1S/C31H33N3O6S/c1-40-25-15-9-12-23(18-25)20-33(29(35)21-34-31(37)26-16-7-8-17-28(26)41(34,38)39)27(19-22-10-3-2-4-11-22)30(36)32-24-13-5-6-14-24/h2-4,7-12,15-18,24,27H,5-6,13-14,19-21H2,1H3,(H,32,36). The van der Waals surface area contributed by atoms with Gasteiger partial charge >= 0.3 is 0 Å². The number of amides is 3. The Labute approximate surface area is 240 Å². The van der Waals surface area contributed by atoms with E-state index in [0.717, 1.165) is 31.2 Å². The van der Waals surface area contributed by atoms with Gasteiger partial charge < -0.3 is 15.0 Å². The van der Waals surface area contributed by atoms with Crippen molar-refractivity contribution in [3.8, 4) is 5.75 Å². The van der Waals surface area contributed by atoms with Crippen LogP contribution in [0.1, 0.15) is 47.2 Å². The Morgan fingerprint density at radius 1 is 0.976 bits per heavy atom. The molecule has 0 saturated heterocycles. The summed E-state index contributed by atoms with van der Waals surface area (Å²) >= 11 is 0.